The second-order valence-electron chi connectivity index (χ2n) is 8.66. The standard InChI is InChI=1S/C22H35N3O6/c1-22(2,3)31-21(27)24(4)13-15-9-8-10-25(14-15)20(26)23-16-11-17(28-5)19(30-7)18(12-16)29-6/h11-12,15H,8-10,13-14H2,1-7H3,(H,23,26). The first-order valence-corrected chi connectivity index (χ1v) is 10.4. The molecule has 1 aliphatic heterocycles. The lowest BCUT2D eigenvalue weighted by molar-refractivity contribution is 0.0253. The molecule has 1 aromatic rings. The van der Waals surface area contributed by atoms with Crippen LogP contribution in [0.2, 0.25) is 0 Å². The van der Waals surface area contributed by atoms with E-state index >= 15 is 0 Å². The van der Waals surface area contributed by atoms with Crippen LogP contribution in [0.3, 0.4) is 0 Å². The van der Waals surface area contributed by atoms with E-state index in [9.17, 15) is 9.59 Å². The summed E-state index contributed by atoms with van der Waals surface area (Å²) in [5.41, 5.74) is 0.0112. The zero-order chi connectivity index (χ0) is 23.2. The Morgan fingerprint density at radius 2 is 1.74 bits per heavy atom. The number of benzene rings is 1. The summed E-state index contributed by atoms with van der Waals surface area (Å²) in [6.07, 6.45) is 1.46. The molecule has 0 radical (unpaired) electrons. The first-order chi connectivity index (χ1) is 14.6. The van der Waals surface area contributed by atoms with Crippen molar-refractivity contribution in [3.63, 3.8) is 0 Å². The Labute approximate surface area is 184 Å². The Bertz CT molecular complexity index is 752. The fourth-order valence-corrected chi connectivity index (χ4v) is 3.56. The van der Waals surface area contributed by atoms with Crippen LogP contribution in [0.1, 0.15) is 33.6 Å². The molecule has 9 heteroatoms. The zero-order valence-corrected chi connectivity index (χ0v) is 19.6. The molecule has 1 fully saturated rings. The summed E-state index contributed by atoms with van der Waals surface area (Å²) in [6.45, 7) is 7.27. The molecule has 1 unspecified atom stereocenters. The summed E-state index contributed by atoms with van der Waals surface area (Å²) in [6, 6.07) is 3.17. The van der Waals surface area contributed by atoms with Crippen LogP contribution in [-0.4, -0.2) is 75.5 Å². The summed E-state index contributed by atoms with van der Waals surface area (Å²) >= 11 is 0. The number of carbonyl (C=O) groups excluding carboxylic acids is 2. The van der Waals surface area contributed by atoms with Crippen LogP contribution >= 0.6 is 0 Å². The molecule has 2 rings (SSSR count). The number of hydrogen-bond acceptors (Lipinski definition) is 6. The van der Waals surface area contributed by atoms with Crippen molar-refractivity contribution in [1.29, 1.82) is 0 Å². The van der Waals surface area contributed by atoms with Crippen LogP contribution in [0.4, 0.5) is 15.3 Å². The first kappa shape index (κ1) is 24.4. The van der Waals surface area contributed by atoms with Crippen molar-refractivity contribution < 1.29 is 28.5 Å². The number of anilines is 1. The fraction of sp³-hybridized carbons (Fsp3) is 0.636. The second kappa shape index (κ2) is 10.5. The molecule has 1 aliphatic rings. The highest BCUT2D eigenvalue weighted by molar-refractivity contribution is 5.90. The number of rotatable bonds is 6. The van der Waals surface area contributed by atoms with Gasteiger partial charge in [-0.05, 0) is 39.5 Å². The highest BCUT2D eigenvalue weighted by Gasteiger charge is 2.28. The van der Waals surface area contributed by atoms with Crippen LogP contribution in [-0.2, 0) is 4.74 Å². The summed E-state index contributed by atoms with van der Waals surface area (Å²) in [4.78, 5) is 28.5. The van der Waals surface area contributed by atoms with Gasteiger partial charge in [0.1, 0.15) is 5.60 Å². The minimum atomic E-state index is -0.537. The van der Waals surface area contributed by atoms with Crippen molar-refractivity contribution in [2.45, 2.75) is 39.2 Å². The quantitative estimate of drug-likeness (QED) is 0.728. The molecule has 1 saturated heterocycles. The van der Waals surface area contributed by atoms with Gasteiger partial charge in [0.15, 0.2) is 11.5 Å². The van der Waals surface area contributed by atoms with Crippen molar-refractivity contribution in [1.82, 2.24) is 9.80 Å². The number of ether oxygens (including phenoxy) is 4. The average Bonchev–Trinajstić information content (AvgIpc) is 2.71. The topological polar surface area (TPSA) is 89.6 Å². The lowest BCUT2D eigenvalue weighted by Crippen LogP contribution is -2.46. The van der Waals surface area contributed by atoms with E-state index in [0.29, 0.717) is 42.6 Å². The zero-order valence-electron chi connectivity index (χ0n) is 19.6. The average molecular weight is 438 g/mol. The van der Waals surface area contributed by atoms with Gasteiger partial charge in [-0.2, -0.15) is 0 Å². The van der Waals surface area contributed by atoms with Gasteiger partial charge < -0.3 is 34.1 Å². The number of nitrogens with zero attached hydrogens (tertiary/aromatic N) is 2. The minimum absolute atomic E-state index is 0.178. The maximum Gasteiger partial charge on any atom is 0.410 e. The number of methoxy groups -OCH3 is 3. The van der Waals surface area contributed by atoms with Crippen LogP contribution in [0.5, 0.6) is 17.2 Å². The molecule has 0 aromatic heterocycles. The highest BCUT2D eigenvalue weighted by Crippen LogP contribution is 2.40. The van der Waals surface area contributed by atoms with E-state index in [1.54, 1.807) is 29.0 Å². The van der Waals surface area contributed by atoms with Gasteiger partial charge in [0.25, 0.3) is 0 Å². The fourth-order valence-electron chi connectivity index (χ4n) is 3.56. The van der Waals surface area contributed by atoms with Crippen LogP contribution < -0.4 is 19.5 Å². The van der Waals surface area contributed by atoms with Crippen molar-refractivity contribution in [3.05, 3.63) is 12.1 Å². The molecular weight excluding hydrogens is 402 g/mol. The van der Waals surface area contributed by atoms with E-state index in [4.69, 9.17) is 18.9 Å². The predicted octanol–water partition coefficient (Wildman–Crippen LogP) is 3.82. The van der Waals surface area contributed by atoms with E-state index in [1.807, 2.05) is 20.8 Å². The molecular formula is C22H35N3O6. The Hall–Kier alpha value is -2.84. The summed E-state index contributed by atoms with van der Waals surface area (Å²) in [5.74, 6) is 1.57. The Kier molecular flexibility index (Phi) is 8.24. The lowest BCUT2D eigenvalue weighted by atomic mass is 9.98. The smallest absolute Gasteiger partial charge is 0.410 e. The molecule has 0 saturated carbocycles. The van der Waals surface area contributed by atoms with Gasteiger partial charge in [-0.15, -0.1) is 0 Å². The van der Waals surface area contributed by atoms with E-state index < -0.39 is 5.60 Å². The van der Waals surface area contributed by atoms with Gasteiger partial charge in [0.05, 0.1) is 27.0 Å². The SMILES string of the molecule is COc1cc(NC(=O)N2CCCC(CN(C)C(=O)OC(C)(C)C)C2)cc(OC)c1OC. The molecule has 3 amide bonds. The van der Waals surface area contributed by atoms with Gasteiger partial charge in [-0.3, -0.25) is 0 Å². The van der Waals surface area contributed by atoms with E-state index in [2.05, 4.69) is 5.32 Å². The first-order valence-electron chi connectivity index (χ1n) is 10.4. The predicted molar refractivity (Wildman–Crippen MR) is 118 cm³/mol. The molecule has 0 aliphatic carbocycles. The second-order valence-corrected chi connectivity index (χ2v) is 8.66. The van der Waals surface area contributed by atoms with Gasteiger partial charge in [0.2, 0.25) is 5.75 Å². The third kappa shape index (κ3) is 6.83. The van der Waals surface area contributed by atoms with Crippen molar-refractivity contribution in [2.24, 2.45) is 5.92 Å². The highest BCUT2D eigenvalue weighted by atomic mass is 16.6. The molecule has 9 nitrogen and oxygen atoms in total. The van der Waals surface area contributed by atoms with Crippen molar-refractivity contribution in [2.75, 3.05) is 53.3 Å². The van der Waals surface area contributed by atoms with Crippen molar-refractivity contribution >= 4 is 17.8 Å². The largest absolute Gasteiger partial charge is 0.493 e. The summed E-state index contributed by atoms with van der Waals surface area (Å²) in [5, 5.41) is 2.91. The van der Waals surface area contributed by atoms with Gasteiger partial charge in [0, 0.05) is 38.8 Å². The monoisotopic (exact) mass is 437 g/mol. The van der Waals surface area contributed by atoms with Gasteiger partial charge in [-0.25, -0.2) is 9.59 Å². The minimum Gasteiger partial charge on any atom is -0.493 e. The van der Waals surface area contributed by atoms with Gasteiger partial charge >= 0.3 is 12.1 Å². The molecule has 0 bridgehead atoms. The molecule has 174 valence electrons. The summed E-state index contributed by atoms with van der Waals surface area (Å²) in [7, 11) is 6.31. The maximum atomic E-state index is 12.9. The molecule has 1 N–H and O–H groups in total. The number of hydrogen-bond donors (Lipinski definition) is 1. The van der Waals surface area contributed by atoms with E-state index in [0.717, 1.165) is 12.8 Å². The van der Waals surface area contributed by atoms with Gasteiger partial charge in [-0.1, -0.05) is 0 Å². The summed E-state index contributed by atoms with van der Waals surface area (Å²) < 4.78 is 21.4. The Morgan fingerprint density at radius 1 is 1.13 bits per heavy atom. The van der Waals surface area contributed by atoms with Crippen LogP contribution in [0.15, 0.2) is 12.1 Å². The molecule has 1 atom stereocenters. The number of carbonyl (C=O) groups is 2. The maximum absolute atomic E-state index is 12.9. The lowest BCUT2D eigenvalue weighted by Gasteiger charge is -2.35. The van der Waals surface area contributed by atoms with E-state index in [-0.39, 0.29) is 18.0 Å². The number of likely N-dealkylation sites (tertiary alicyclic amines) is 1. The molecule has 1 heterocycles. The molecule has 31 heavy (non-hydrogen) atoms. The van der Waals surface area contributed by atoms with Crippen LogP contribution in [0.25, 0.3) is 0 Å². The Morgan fingerprint density at radius 3 is 2.26 bits per heavy atom. The number of urea groups is 1. The number of amides is 3. The van der Waals surface area contributed by atoms with Crippen LogP contribution in [0, 0.1) is 5.92 Å². The third-order valence-electron chi connectivity index (χ3n) is 4.96. The molecule has 1 aromatic carbocycles. The van der Waals surface area contributed by atoms with E-state index in [1.165, 1.54) is 21.3 Å². The normalized spacial score (nSPS) is 16.4. The molecule has 0 spiro atoms. The third-order valence-corrected chi connectivity index (χ3v) is 4.96. The number of piperidine rings is 1. The van der Waals surface area contributed by atoms with Crippen molar-refractivity contribution in [3.8, 4) is 17.2 Å². The Balaban J connectivity index is 2.01. The number of nitrogens with one attached hydrogen (secondary N) is 1.